The number of primary amides is 1. The Morgan fingerprint density at radius 3 is 2.43 bits per heavy atom. The second-order valence-corrected chi connectivity index (χ2v) is 9.91. The molecule has 2 aromatic carbocycles. The molecule has 0 bridgehead atoms. The number of hydrogen-bond donors (Lipinski definition) is 3. The zero-order valence-electron chi connectivity index (χ0n) is 18.3. The minimum atomic E-state index is -4.16. The molecule has 0 fully saturated rings. The average molecular weight is 516 g/mol. The number of anilines is 2. The first-order valence-electron chi connectivity index (χ1n) is 9.93. The van der Waals surface area contributed by atoms with Gasteiger partial charge >= 0.3 is 0 Å². The number of benzene rings is 2. The smallest absolute Gasteiger partial charge is 0.262 e. The summed E-state index contributed by atoms with van der Waals surface area (Å²) in [5.74, 6) is -1.80. The highest BCUT2D eigenvalue weighted by molar-refractivity contribution is 7.92. The fraction of sp³-hybridized carbons (Fsp3) is 0.0909. The molecule has 180 valence electrons. The molecular formula is C22H18FN5O5S2. The Hall–Kier alpha value is -4.10. The number of nitrogens with one attached hydrogen (secondary N) is 2. The van der Waals surface area contributed by atoms with E-state index in [2.05, 4.69) is 20.0 Å². The lowest BCUT2D eigenvalue weighted by molar-refractivity contribution is -0.114. The molecule has 0 spiro atoms. The third-order valence-corrected chi connectivity index (χ3v) is 7.02. The number of amides is 2. The maximum atomic E-state index is 13.3. The monoisotopic (exact) mass is 515 g/mol. The number of thiazole rings is 1. The predicted octanol–water partition coefficient (Wildman–Crippen LogP) is 3.36. The second kappa shape index (κ2) is 9.27. The fourth-order valence-electron chi connectivity index (χ4n) is 3.25. The van der Waals surface area contributed by atoms with Crippen LogP contribution in [0.2, 0.25) is 0 Å². The Labute approximate surface area is 203 Å². The minimum absolute atomic E-state index is 0.0618. The van der Waals surface area contributed by atoms with Gasteiger partial charge in [0.2, 0.25) is 5.91 Å². The Bertz CT molecular complexity index is 1570. The van der Waals surface area contributed by atoms with Gasteiger partial charge in [0.25, 0.3) is 15.9 Å². The number of ether oxygens (including phenoxy) is 1. The van der Waals surface area contributed by atoms with E-state index in [0.717, 1.165) is 35.6 Å². The van der Waals surface area contributed by atoms with Gasteiger partial charge in [-0.15, -0.1) is 0 Å². The molecule has 4 N–H and O–H groups in total. The van der Waals surface area contributed by atoms with E-state index < -0.39 is 21.7 Å². The van der Waals surface area contributed by atoms with Gasteiger partial charge < -0.3 is 15.8 Å². The van der Waals surface area contributed by atoms with E-state index in [9.17, 15) is 22.4 Å². The summed E-state index contributed by atoms with van der Waals surface area (Å²) in [6, 6.07) is 10.4. The molecular weight excluding hydrogens is 497 g/mol. The maximum Gasteiger partial charge on any atom is 0.262 e. The summed E-state index contributed by atoms with van der Waals surface area (Å²) in [7, 11) is -2.90. The quantitative estimate of drug-likeness (QED) is 0.341. The van der Waals surface area contributed by atoms with Crippen LogP contribution in [0.15, 0.2) is 53.4 Å². The van der Waals surface area contributed by atoms with Crippen molar-refractivity contribution < 1.29 is 27.1 Å². The van der Waals surface area contributed by atoms with Gasteiger partial charge in [-0.3, -0.25) is 14.3 Å². The Morgan fingerprint density at radius 2 is 1.80 bits per heavy atom. The van der Waals surface area contributed by atoms with Gasteiger partial charge in [-0.25, -0.2) is 22.8 Å². The molecule has 35 heavy (non-hydrogen) atoms. The number of pyridine rings is 1. The van der Waals surface area contributed by atoms with Crippen molar-refractivity contribution in [3.05, 3.63) is 59.9 Å². The number of methoxy groups -OCH3 is 1. The van der Waals surface area contributed by atoms with E-state index in [4.69, 9.17) is 10.5 Å². The number of nitrogens with zero attached hydrogens (tertiary/aromatic N) is 2. The summed E-state index contributed by atoms with van der Waals surface area (Å²) in [5.41, 5.74) is 6.70. The van der Waals surface area contributed by atoms with E-state index in [-0.39, 0.29) is 27.8 Å². The molecule has 0 aliphatic heterocycles. The van der Waals surface area contributed by atoms with Crippen LogP contribution in [-0.4, -0.2) is 37.3 Å². The van der Waals surface area contributed by atoms with Crippen LogP contribution in [-0.2, 0) is 14.8 Å². The van der Waals surface area contributed by atoms with Crippen molar-refractivity contribution in [3.8, 4) is 17.0 Å². The third kappa shape index (κ3) is 5.05. The number of aromatic nitrogens is 2. The number of carbonyl (C=O) groups excluding carboxylic acids is 2. The first kappa shape index (κ1) is 24.0. The number of nitrogens with two attached hydrogens (primary N) is 1. The lowest BCUT2D eigenvalue weighted by Crippen LogP contribution is -2.17. The maximum absolute atomic E-state index is 13.3. The largest absolute Gasteiger partial charge is 0.494 e. The fourth-order valence-corrected chi connectivity index (χ4v) is 5.19. The standard InChI is InChI=1S/C22H18FN5O5S2/c1-11(29)25-22-27-17-8-7-16(26-21(17)34-22)12-9-15(20(24)30)19(33-2)18(10-12)28-35(31,32)14-5-3-13(23)4-6-14/h3-10,28H,1-2H3,(H2,24,30)(H,25,27,29). The van der Waals surface area contributed by atoms with Gasteiger partial charge in [-0.05, 0) is 48.5 Å². The van der Waals surface area contributed by atoms with Crippen molar-refractivity contribution in [1.82, 2.24) is 9.97 Å². The van der Waals surface area contributed by atoms with Crippen LogP contribution in [0.3, 0.4) is 0 Å². The number of carbonyl (C=O) groups is 2. The predicted molar refractivity (Wildman–Crippen MR) is 129 cm³/mol. The van der Waals surface area contributed by atoms with Crippen molar-refractivity contribution >= 4 is 54.3 Å². The number of fused-ring (bicyclic) bond motifs is 1. The summed E-state index contributed by atoms with van der Waals surface area (Å²) in [5, 5.41) is 2.97. The lowest BCUT2D eigenvalue weighted by atomic mass is 10.0. The molecule has 10 nitrogen and oxygen atoms in total. The topological polar surface area (TPSA) is 153 Å². The number of sulfonamides is 1. The number of rotatable bonds is 7. The van der Waals surface area contributed by atoms with E-state index in [0.29, 0.717) is 26.7 Å². The van der Waals surface area contributed by atoms with Crippen molar-refractivity contribution in [2.75, 3.05) is 17.1 Å². The average Bonchev–Trinajstić information content (AvgIpc) is 3.19. The lowest BCUT2D eigenvalue weighted by Gasteiger charge is -2.16. The molecule has 0 unspecified atom stereocenters. The Balaban J connectivity index is 1.82. The molecule has 0 aliphatic carbocycles. The molecule has 4 aromatic rings. The summed E-state index contributed by atoms with van der Waals surface area (Å²) in [6.07, 6.45) is 0. The molecule has 0 saturated heterocycles. The van der Waals surface area contributed by atoms with Crippen LogP contribution in [0.25, 0.3) is 21.6 Å². The van der Waals surface area contributed by atoms with Gasteiger partial charge in [0.15, 0.2) is 10.9 Å². The zero-order valence-corrected chi connectivity index (χ0v) is 20.0. The summed E-state index contributed by atoms with van der Waals surface area (Å²) < 4.78 is 46.7. The highest BCUT2D eigenvalue weighted by atomic mass is 32.2. The number of hydrogen-bond acceptors (Lipinski definition) is 8. The molecule has 0 radical (unpaired) electrons. The van der Waals surface area contributed by atoms with E-state index in [1.54, 1.807) is 12.1 Å². The highest BCUT2D eigenvalue weighted by Gasteiger charge is 2.22. The van der Waals surface area contributed by atoms with Crippen molar-refractivity contribution in [3.63, 3.8) is 0 Å². The van der Waals surface area contributed by atoms with Gasteiger partial charge in [-0.1, -0.05) is 11.3 Å². The molecule has 0 atom stereocenters. The molecule has 0 aliphatic rings. The van der Waals surface area contributed by atoms with Gasteiger partial charge in [0.05, 0.1) is 29.0 Å². The van der Waals surface area contributed by atoms with Gasteiger partial charge in [0.1, 0.15) is 16.2 Å². The van der Waals surface area contributed by atoms with Crippen LogP contribution in [0.4, 0.5) is 15.2 Å². The Morgan fingerprint density at radius 1 is 1.09 bits per heavy atom. The van der Waals surface area contributed by atoms with Crippen molar-refractivity contribution in [2.45, 2.75) is 11.8 Å². The van der Waals surface area contributed by atoms with Crippen LogP contribution in [0, 0.1) is 5.82 Å². The van der Waals surface area contributed by atoms with Gasteiger partial charge in [0, 0.05) is 12.5 Å². The van der Waals surface area contributed by atoms with Crippen molar-refractivity contribution in [2.24, 2.45) is 5.73 Å². The second-order valence-electron chi connectivity index (χ2n) is 7.25. The highest BCUT2D eigenvalue weighted by Crippen LogP contribution is 2.36. The van der Waals surface area contributed by atoms with Crippen LogP contribution >= 0.6 is 11.3 Å². The van der Waals surface area contributed by atoms with Gasteiger partial charge in [-0.2, -0.15) is 0 Å². The zero-order chi connectivity index (χ0) is 25.3. The Kier molecular flexibility index (Phi) is 6.37. The normalized spacial score (nSPS) is 11.3. The van der Waals surface area contributed by atoms with E-state index in [1.165, 1.54) is 26.2 Å². The molecule has 2 heterocycles. The van der Waals surface area contributed by atoms with E-state index in [1.807, 2.05) is 0 Å². The first-order valence-corrected chi connectivity index (χ1v) is 12.2. The minimum Gasteiger partial charge on any atom is -0.494 e. The summed E-state index contributed by atoms with van der Waals surface area (Å²) >= 11 is 1.15. The molecule has 4 rings (SSSR count). The molecule has 0 saturated carbocycles. The molecule has 2 aromatic heterocycles. The van der Waals surface area contributed by atoms with E-state index >= 15 is 0 Å². The van der Waals surface area contributed by atoms with Crippen LogP contribution in [0.5, 0.6) is 5.75 Å². The third-order valence-electron chi connectivity index (χ3n) is 4.76. The van der Waals surface area contributed by atoms with Crippen LogP contribution in [0.1, 0.15) is 17.3 Å². The van der Waals surface area contributed by atoms with Crippen LogP contribution < -0.4 is 20.5 Å². The SMILES string of the molecule is COc1c(NS(=O)(=O)c2ccc(F)cc2)cc(-c2ccc3nc(NC(C)=O)sc3n2)cc1C(N)=O. The number of halogens is 1. The van der Waals surface area contributed by atoms with Crippen molar-refractivity contribution in [1.29, 1.82) is 0 Å². The molecule has 13 heteroatoms. The first-order chi connectivity index (χ1) is 16.6. The summed E-state index contributed by atoms with van der Waals surface area (Å²) in [4.78, 5) is 32.6. The summed E-state index contributed by atoms with van der Waals surface area (Å²) in [6.45, 7) is 1.36. The molecule has 2 amide bonds.